The van der Waals surface area contributed by atoms with Gasteiger partial charge in [0.2, 0.25) is 11.8 Å². The molecule has 1 rings (SSSR count). The number of nitrogens with zero attached hydrogens (tertiary/aromatic N) is 1. The third-order valence-electron chi connectivity index (χ3n) is 3.93. The van der Waals surface area contributed by atoms with Gasteiger partial charge in [0.15, 0.2) is 0 Å². The SMILES string of the molecule is CC(C)N(CC(N)=O)C(=O)C1(C(C)C)CCNC1. The van der Waals surface area contributed by atoms with Crippen molar-refractivity contribution in [3.63, 3.8) is 0 Å². The first-order chi connectivity index (χ1) is 8.31. The molecule has 1 unspecified atom stereocenters. The predicted octanol–water partition coefficient (Wildman–Crippen LogP) is 0.344. The molecule has 0 aromatic carbocycles. The lowest BCUT2D eigenvalue weighted by molar-refractivity contribution is -0.147. The maximum atomic E-state index is 12.8. The molecule has 1 aliphatic rings. The fraction of sp³-hybridized carbons (Fsp3) is 0.846. The van der Waals surface area contributed by atoms with Gasteiger partial charge in [0.25, 0.3) is 0 Å². The summed E-state index contributed by atoms with van der Waals surface area (Å²) in [7, 11) is 0. The molecule has 1 fully saturated rings. The van der Waals surface area contributed by atoms with E-state index in [0.29, 0.717) is 6.54 Å². The van der Waals surface area contributed by atoms with E-state index in [-0.39, 0.29) is 29.8 Å². The van der Waals surface area contributed by atoms with Crippen LogP contribution in [-0.4, -0.2) is 42.4 Å². The van der Waals surface area contributed by atoms with E-state index in [2.05, 4.69) is 19.2 Å². The molecule has 0 spiro atoms. The highest BCUT2D eigenvalue weighted by Crippen LogP contribution is 2.36. The zero-order chi connectivity index (χ0) is 13.9. The minimum absolute atomic E-state index is 0.00493. The Labute approximate surface area is 109 Å². The van der Waals surface area contributed by atoms with Gasteiger partial charge in [0.05, 0.1) is 12.0 Å². The van der Waals surface area contributed by atoms with Crippen molar-refractivity contribution >= 4 is 11.8 Å². The van der Waals surface area contributed by atoms with E-state index in [9.17, 15) is 9.59 Å². The van der Waals surface area contributed by atoms with E-state index in [4.69, 9.17) is 5.73 Å². The van der Waals surface area contributed by atoms with Crippen LogP contribution < -0.4 is 11.1 Å². The van der Waals surface area contributed by atoms with Crippen molar-refractivity contribution < 1.29 is 9.59 Å². The topological polar surface area (TPSA) is 75.4 Å². The molecule has 1 heterocycles. The van der Waals surface area contributed by atoms with Crippen LogP contribution in [0.4, 0.5) is 0 Å². The van der Waals surface area contributed by atoms with Crippen LogP contribution in [0.5, 0.6) is 0 Å². The summed E-state index contributed by atoms with van der Waals surface area (Å²) in [6, 6.07) is -0.0128. The first-order valence-electron chi connectivity index (χ1n) is 6.61. The molecule has 1 aliphatic heterocycles. The summed E-state index contributed by atoms with van der Waals surface area (Å²) in [4.78, 5) is 25.5. The number of nitrogens with two attached hydrogens (primary N) is 1. The lowest BCUT2D eigenvalue weighted by Crippen LogP contribution is -2.52. The fourth-order valence-corrected chi connectivity index (χ4v) is 2.58. The second kappa shape index (κ2) is 5.69. The maximum Gasteiger partial charge on any atom is 0.237 e. The van der Waals surface area contributed by atoms with Gasteiger partial charge in [-0.25, -0.2) is 0 Å². The summed E-state index contributed by atoms with van der Waals surface area (Å²) in [5.41, 5.74) is 4.85. The highest BCUT2D eigenvalue weighted by molar-refractivity contribution is 5.88. The first-order valence-corrected chi connectivity index (χ1v) is 6.61. The summed E-state index contributed by atoms with van der Waals surface area (Å²) in [6.07, 6.45) is 0.825. The van der Waals surface area contributed by atoms with Gasteiger partial charge in [-0.05, 0) is 32.7 Å². The Hall–Kier alpha value is -1.10. The fourth-order valence-electron chi connectivity index (χ4n) is 2.58. The number of nitrogens with one attached hydrogen (secondary N) is 1. The van der Waals surface area contributed by atoms with E-state index in [1.165, 1.54) is 0 Å². The van der Waals surface area contributed by atoms with E-state index in [1.54, 1.807) is 4.90 Å². The third kappa shape index (κ3) is 2.83. The van der Waals surface area contributed by atoms with Gasteiger partial charge in [0, 0.05) is 12.6 Å². The summed E-state index contributed by atoms with van der Waals surface area (Å²) in [6.45, 7) is 9.50. The monoisotopic (exact) mass is 255 g/mol. The number of rotatable bonds is 5. The summed E-state index contributed by atoms with van der Waals surface area (Å²) in [5.74, 6) is -0.160. The largest absolute Gasteiger partial charge is 0.368 e. The van der Waals surface area contributed by atoms with Gasteiger partial charge in [0.1, 0.15) is 0 Å². The molecular formula is C13H25N3O2. The normalized spacial score (nSPS) is 23.7. The molecule has 18 heavy (non-hydrogen) atoms. The van der Waals surface area contributed by atoms with Crippen LogP contribution >= 0.6 is 0 Å². The second-order valence-corrected chi connectivity index (χ2v) is 5.73. The standard InChI is InChI=1S/C13H25N3O2/c1-9(2)13(5-6-15-8-13)12(18)16(10(3)4)7-11(14)17/h9-10,15H,5-8H2,1-4H3,(H2,14,17). The summed E-state index contributed by atoms with van der Waals surface area (Å²) < 4.78 is 0. The van der Waals surface area contributed by atoms with Crippen LogP contribution in [0.2, 0.25) is 0 Å². The highest BCUT2D eigenvalue weighted by atomic mass is 16.2. The van der Waals surface area contributed by atoms with Gasteiger partial charge in [-0.3, -0.25) is 9.59 Å². The number of carbonyl (C=O) groups is 2. The van der Waals surface area contributed by atoms with Crippen LogP contribution in [0, 0.1) is 11.3 Å². The van der Waals surface area contributed by atoms with Gasteiger partial charge >= 0.3 is 0 Å². The quantitative estimate of drug-likeness (QED) is 0.744. The molecule has 1 atom stereocenters. The zero-order valence-electron chi connectivity index (χ0n) is 11.8. The van der Waals surface area contributed by atoms with Crippen LogP contribution in [0.3, 0.4) is 0 Å². The molecule has 1 saturated heterocycles. The number of hydrogen-bond acceptors (Lipinski definition) is 3. The Kier molecular flexibility index (Phi) is 4.73. The molecule has 0 bridgehead atoms. The first kappa shape index (κ1) is 15.0. The summed E-state index contributed by atoms with van der Waals surface area (Å²) in [5, 5.41) is 3.26. The van der Waals surface area contributed by atoms with E-state index in [0.717, 1.165) is 13.0 Å². The highest BCUT2D eigenvalue weighted by Gasteiger charge is 2.46. The van der Waals surface area contributed by atoms with Crippen LogP contribution in [0.25, 0.3) is 0 Å². The molecule has 2 amide bonds. The molecule has 0 aromatic heterocycles. The minimum Gasteiger partial charge on any atom is -0.368 e. The predicted molar refractivity (Wildman–Crippen MR) is 70.8 cm³/mol. The van der Waals surface area contributed by atoms with Crippen LogP contribution in [0.15, 0.2) is 0 Å². The smallest absolute Gasteiger partial charge is 0.237 e. The number of carbonyl (C=O) groups excluding carboxylic acids is 2. The summed E-state index contributed by atoms with van der Waals surface area (Å²) >= 11 is 0. The Bertz CT molecular complexity index is 320. The maximum absolute atomic E-state index is 12.8. The zero-order valence-corrected chi connectivity index (χ0v) is 11.8. The second-order valence-electron chi connectivity index (χ2n) is 5.73. The van der Waals surface area contributed by atoms with Crippen molar-refractivity contribution in [1.29, 1.82) is 0 Å². The molecule has 5 nitrogen and oxygen atoms in total. The lowest BCUT2D eigenvalue weighted by Gasteiger charge is -2.38. The molecule has 0 aromatic rings. The average molecular weight is 255 g/mol. The van der Waals surface area contributed by atoms with Crippen molar-refractivity contribution in [1.82, 2.24) is 10.2 Å². The Morgan fingerprint density at radius 1 is 1.33 bits per heavy atom. The van der Waals surface area contributed by atoms with Crippen molar-refractivity contribution in [3.05, 3.63) is 0 Å². The van der Waals surface area contributed by atoms with Crippen molar-refractivity contribution in [2.24, 2.45) is 17.1 Å². The molecule has 0 radical (unpaired) electrons. The minimum atomic E-state index is -0.457. The Morgan fingerprint density at radius 3 is 2.28 bits per heavy atom. The molecule has 3 N–H and O–H groups in total. The van der Waals surface area contributed by atoms with Gasteiger partial charge < -0.3 is 16.0 Å². The molecule has 0 saturated carbocycles. The third-order valence-corrected chi connectivity index (χ3v) is 3.93. The average Bonchev–Trinajstić information content (AvgIpc) is 2.74. The van der Waals surface area contributed by atoms with Crippen molar-refractivity contribution in [2.45, 2.75) is 40.2 Å². The number of primary amides is 1. The van der Waals surface area contributed by atoms with Gasteiger partial charge in [-0.1, -0.05) is 13.8 Å². The van der Waals surface area contributed by atoms with Gasteiger partial charge in [-0.15, -0.1) is 0 Å². The van der Waals surface area contributed by atoms with E-state index >= 15 is 0 Å². The molecule has 5 heteroatoms. The van der Waals surface area contributed by atoms with E-state index in [1.807, 2.05) is 13.8 Å². The Balaban J connectivity index is 2.96. The van der Waals surface area contributed by atoms with Gasteiger partial charge in [-0.2, -0.15) is 0 Å². The Morgan fingerprint density at radius 2 is 1.94 bits per heavy atom. The number of hydrogen-bond donors (Lipinski definition) is 2. The molecule has 104 valence electrons. The van der Waals surface area contributed by atoms with Crippen LogP contribution in [0.1, 0.15) is 34.1 Å². The number of amides is 2. The van der Waals surface area contributed by atoms with Crippen LogP contribution in [-0.2, 0) is 9.59 Å². The van der Waals surface area contributed by atoms with Crippen molar-refractivity contribution in [3.8, 4) is 0 Å². The molecular weight excluding hydrogens is 230 g/mol. The lowest BCUT2D eigenvalue weighted by atomic mass is 9.75. The van der Waals surface area contributed by atoms with E-state index < -0.39 is 5.91 Å². The molecule has 0 aliphatic carbocycles. The van der Waals surface area contributed by atoms with Crippen molar-refractivity contribution in [2.75, 3.05) is 19.6 Å².